The molecule has 0 unspecified atom stereocenters. The Morgan fingerprint density at radius 1 is 1.38 bits per heavy atom. The second-order valence-corrected chi connectivity index (χ2v) is 4.71. The molecule has 1 heterocycles. The van der Waals surface area contributed by atoms with Crippen LogP contribution in [0.5, 0.6) is 0 Å². The molecule has 1 aromatic carbocycles. The minimum absolute atomic E-state index is 0.0943. The van der Waals surface area contributed by atoms with Gasteiger partial charge in [0.15, 0.2) is 11.5 Å². The van der Waals surface area contributed by atoms with Crippen LogP contribution < -0.4 is 16.1 Å². The fourth-order valence-electron chi connectivity index (χ4n) is 1.82. The van der Waals surface area contributed by atoms with Crippen LogP contribution in [0.15, 0.2) is 35.7 Å². The van der Waals surface area contributed by atoms with Gasteiger partial charge in [0.05, 0.1) is 6.33 Å². The van der Waals surface area contributed by atoms with Gasteiger partial charge in [-0.05, 0) is 24.6 Å². The molecule has 122 valence electrons. The Labute approximate surface area is 137 Å². The largest absolute Gasteiger partial charge is 0.353 e. The summed E-state index contributed by atoms with van der Waals surface area (Å²) in [5.74, 6) is -0.989. The number of aryl methyl sites for hydroxylation is 1. The summed E-state index contributed by atoms with van der Waals surface area (Å²) in [5, 5.41) is 17.5. The number of hydrogen-bond donors (Lipinski definition) is 4. The number of amides is 2. The number of hydrogen-bond acceptors (Lipinski definition) is 6. The zero-order chi connectivity index (χ0) is 17.5. The maximum Gasteiger partial charge on any atom is 0.282 e. The standard InChI is InChI=1S/C15H15N7O2/c1-9-4-3-5-10(6-9)20-15(24)12-13(19-8-18-12)22-21-11(7-16)14(23)17-2/h3-6,8,22H,1-2H3,(H,17,23)(H,18,19)(H,20,24)/b21-11+. The molecule has 9 heteroatoms. The third-order valence-corrected chi connectivity index (χ3v) is 2.96. The van der Waals surface area contributed by atoms with E-state index in [0.717, 1.165) is 5.56 Å². The van der Waals surface area contributed by atoms with E-state index in [1.165, 1.54) is 13.4 Å². The second-order valence-electron chi connectivity index (χ2n) is 4.71. The zero-order valence-electron chi connectivity index (χ0n) is 13.0. The highest BCUT2D eigenvalue weighted by Crippen LogP contribution is 2.14. The first kappa shape index (κ1) is 16.7. The number of carbonyl (C=O) groups excluding carboxylic acids is 2. The van der Waals surface area contributed by atoms with Gasteiger partial charge in [0, 0.05) is 12.7 Å². The predicted molar refractivity (Wildman–Crippen MR) is 88.5 cm³/mol. The van der Waals surface area contributed by atoms with Crippen molar-refractivity contribution in [1.82, 2.24) is 15.3 Å². The Bertz CT molecular complexity index is 832. The van der Waals surface area contributed by atoms with Gasteiger partial charge in [-0.1, -0.05) is 12.1 Å². The topological polar surface area (TPSA) is 135 Å². The molecule has 2 aromatic rings. The molecule has 2 amide bonds. The van der Waals surface area contributed by atoms with E-state index in [0.29, 0.717) is 5.69 Å². The van der Waals surface area contributed by atoms with Crippen molar-refractivity contribution in [2.45, 2.75) is 6.92 Å². The quantitative estimate of drug-likeness (QED) is 0.480. The van der Waals surface area contributed by atoms with E-state index in [1.54, 1.807) is 12.1 Å². The van der Waals surface area contributed by atoms with Crippen molar-refractivity contribution in [2.75, 3.05) is 17.8 Å². The molecular weight excluding hydrogens is 310 g/mol. The summed E-state index contributed by atoms with van der Waals surface area (Å²) in [4.78, 5) is 30.3. The summed E-state index contributed by atoms with van der Waals surface area (Å²) < 4.78 is 0. The Morgan fingerprint density at radius 3 is 2.83 bits per heavy atom. The van der Waals surface area contributed by atoms with Crippen molar-refractivity contribution >= 4 is 29.0 Å². The summed E-state index contributed by atoms with van der Waals surface area (Å²) in [6.45, 7) is 1.91. The van der Waals surface area contributed by atoms with Crippen molar-refractivity contribution < 1.29 is 9.59 Å². The molecular formula is C15H15N7O2. The van der Waals surface area contributed by atoms with E-state index in [-0.39, 0.29) is 17.2 Å². The number of nitriles is 1. The van der Waals surface area contributed by atoms with Crippen LogP contribution in [-0.4, -0.2) is 34.5 Å². The smallest absolute Gasteiger partial charge is 0.282 e. The first-order chi connectivity index (χ1) is 11.5. The van der Waals surface area contributed by atoms with E-state index in [9.17, 15) is 9.59 Å². The van der Waals surface area contributed by atoms with Crippen molar-refractivity contribution in [3.05, 3.63) is 41.9 Å². The average molecular weight is 325 g/mol. The highest BCUT2D eigenvalue weighted by atomic mass is 16.2. The van der Waals surface area contributed by atoms with E-state index in [4.69, 9.17) is 5.26 Å². The second kappa shape index (κ2) is 7.55. The lowest BCUT2D eigenvalue weighted by atomic mass is 10.2. The molecule has 0 atom stereocenters. The van der Waals surface area contributed by atoms with Crippen LogP contribution in [0.4, 0.5) is 11.5 Å². The summed E-state index contributed by atoms with van der Waals surface area (Å²) in [5.41, 5.74) is 3.81. The fourth-order valence-corrected chi connectivity index (χ4v) is 1.82. The van der Waals surface area contributed by atoms with Crippen molar-refractivity contribution in [2.24, 2.45) is 5.10 Å². The van der Waals surface area contributed by atoms with Crippen LogP contribution in [-0.2, 0) is 4.79 Å². The van der Waals surface area contributed by atoms with Gasteiger partial charge in [-0.2, -0.15) is 10.4 Å². The van der Waals surface area contributed by atoms with Gasteiger partial charge in [-0.15, -0.1) is 0 Å². The third-order valence-electron chi connectivity index (χ3n) is 2.96. The van der Waals surface area contributed by atoms with E-state index in [1.807, 2.05) is 25.1 Å². The number of imidazole rings is 1. The lowest BCUT2D eigenvalue weighted by Gasteiger charge is -2.06. The number of anilines is 2. The van der Waals surface area contributed by atoms with Crippen LogP contribution in [0.2, 0.25) is 0 Å². The zero-order valence-corrected chi connectivity index (χ0v) is 13.0. The van der Waals surface area contributed by atoms with Crippen LogP contribution in [0.3, 0.4) is 0 Å². The normalized spacial score (nSPS) is 10.6. The summed E-state index contributed by atoms with van der Waals surface area (Å²) in [6, 6.07) is 8.96. The monoisotopic (exact) mass is 325 g/mol. The van der Waals surface area contributed by atoms with Crippen molar-refractivity contribution in [3.63, 3.8) is 0 Å². The SMILES string of the molecule is CNC(=O)/C(C#N)=N/Nc1nc[nH]c1C(=O)Nc1cccc(C)c1. The Hall–Kier alpha value is -3.67. The van der Waals surface area contributed by atoms with E-state index < -0.39 is 11.8 Å². The molecule has 4 N–H and O–H groups in total. The molecule has 0 fully saturated rings. The molecule has 0 aliphatic heterocycles. The van der Waals surface area contributed by atoms with Gasteiger partial charge in [-0.25, -0.2) is 4.98 Å². The minimum Gasteiger partial charge on any atom is -0.353 e. The van der Waals surface area contributed by atoms with Gasteiger partial charge in [0.25, 0.3) is 11.8 Å². The molecule has 0 bridgehead atoms. The number of rotatable bonds is 5. The number of hydrazone groups is 1. The number of nitrogens with zero attached hydrogens (tertiary/aromatic N) is 3. The summed E-state index contributed by atoms with van der Waals surface area (Å²) in [7, 11) is 1.38. The molecule has 0 aliphatic carbocycles. The molecule has 9 nitrogen and oxygen atoms in total. The van der Waals surface area contributed by atoms with E-state index >= 15 is 0 Å². The molecule has 24 heavy (non-hydrogen) atoms. The lowest BCUT2D eigenvalue weighted by Crippen LogP contribution is -2.27. The first-order valence-electron chi connectivity index (χ1n) is 6.92. The fraction of sp³-hybridized carbons (Fsp3) is 0.133. The van der Waals surface area contributed by atoms with Crippen LogP contribution in [0.25, 0.3) is 0 Å². The number of benzene rings is 1. The first-order valence-corrected chi connectivity index (χ1v) is 6.92. The van der Waals surface area contributed by atoms with Gasteiger partial charge >= 0.3 is 0 Å². The molecule has 2 rings (SSSR count). The Balaban J connectivity index is 2.15. The highest BCUT2D eigenvalue weighted by molar-refractivity contribution is 6.45. The van der Waals surface area contributed by atoms with E-state index in [2.05, 4.69) is 31.1 Å². The van der Waals surface area contributed by atoms with Gasteiger partial charge in [0.1, 0.15) is 6.07 Å². The van der Waals surface area contributed by atoms with Crippen LogP contribution >= 0.6 is 0 Å². The maximum absolute atomic E-state index is 12.3. The third kappa shape index (κ3) is 3.95. The van der Waals surface area contributed by atoms with Gasteiger partial charge < -0.3 is 15.6 Å². The molecule has 0 saturated heterocycles. The number of H-pyrrole nitrogens is 1. The number of aromatic amines is 1. The number of nitrogens with one attached hydrogen (secondary N) is 4. The maximum atomic E-state index is 12.3. The number of aromatic nitrogens is 2. The molecule has 0 saturated carbocycles. The predicted octanol–water partition coefficient (Wildman–Crippen LogP) is 1.01. The number of carbonyl (C=O) groups is 2. The highest BCUT2D eigenvalue weighted by Gasteiger charge is 2.15. The van der Waals surface area contributed by atoms with Crippen LogP contribution in [0, 0.1) is 18.3 Å². The lowest BCUT2D eigenvalue weighted by molar-refractivity contribution is -0.114. The minimum atomic E-state index is -0.647. The molecule has 0 aliphatic rings. The molecule has 0 spiro atoms. The van der Waals surface area contributed by atoms with Crippen molar-refractivity contribution in [3.8, 4) is 6.07 Å². The van der Waals surface area contributed by atoms with Gasteiger partial charge in [0.2, 0.25) is 5.71 Å². The molecule has 1 aromatic heterocycles. The Morgan fingerprint density at radius 2 is 2.17 bits per heavy atom. The summed E-state index contributed by atoms with van der Waals surface area (Å²) in [6.07, 6.45) is 1.30. The Kier molecular flexibility index (Phi) is 5.25. The average Bonchev–Trinajstić information content (AvgIpc) is 3.03. The van der Waals surface area contributed by atoms with Crippen LogP contribution in [0.1, 0.15) is 16.1 Å². The summed E-state index contributed by atoms with van der Waals surface area (Å²) >= 11 is 0. The molecule has 0 radical (unpaired) electrons. The van der Waals surface area contributed by atoms with Gasteiger partial charge in [-0.3, -0.25) is 15.0 Å². The van der Waals surface area contributed by atoms with Crippen molar-refractivity contribution in [1.29, 1.82) is 5.26 Å².